The Kier molecular flexibility index (Phi) is 11.9. The van der Waals surface area contributed by atoms with Crippen LogP contribution in [0.25, 0.3) is 0 Å². The molecule has 2 heterocycles. The molecule has 7 atom stereocenters. The van der Waals surface area contributed by atoms with Crippen LogP contribution in [0.2, 0.25) is 0 Å². The number of allylic oxidation sites excluding steroid dienone is 1. The van der Waals surface area contributed by atoms with E-state index in [0.29, 0.717) is 36.7 Å². The monoisotopic (exact) mass is 631 g/mol. The highest BCUT2D eigenvalue weighted by atomic mass is 16.7. The van der Waals surface area contributed by atoms with Crippen LogP contribution in [-0.2, 0) is 23.9 Å². The van der Waals surface area contributed by atoms with E-state index in [-0.39, 0.29) is 37.4 Å². The van der Waals surface area contributed by atoms with Crippen molar-refractivity contribution in [2.75, 3.05) is 33.5 Å². The van der Waals surface area contributed by atoms with Crippen LogP contribution in [0.3, 0.4) is 0 Å². The molecule has 2 aliphatic heterocycles. The van der Waals surface area contributed by atoms with Gasteiger partial charge in [0.25, 0.3) is 5.60 Å². The molecule has 0 aromatic heterocycles. The van der Waals surface area contributed by atoms with Crippen LogP contribution in [0.5, 0.6) is 0 Å². The van der Waals surface area contributed by atoms with E-state index in [4.69, 9.17) is 9.47 Å². The second-order valence-electron chi connectivity index (χ2n) is 14.6. The quantitative estimate of drug-likeness (QED) is 0.0599. The summed E-state index contributed by atoms with van der Waals surface area (Å²) in [4.78, 5) is 41.9. The molecule has 0 bridgehead atoms. The maximum Gasteiger partial charge on any atom is 0.350 e. The van der Waals surface area contributed by atoms with Crippen LogP contribution in [0.15, 0.2) is 11.1 Å². The molecule has 5 fully saturated rings. The Labute approximate surface area is 268 Å². The number of Topliss-reactive ketones (excluding diaryl/α,β-unsaturated/α-hetero) is 2. The Morgan fingerprint density at radius 3 is 2.44 bits per heavy atom. The first-order valence-electron chi connectivity index (χ1n) is 17.8. The molecular formula is C35H57N3O7. The van der Waals surface area contributed by atoms with Crippen molar-refractivity contribution in [2.45, 2.75) is 133 Å². The number of carbonyl (C=O) groups is 3. The lowest BCUT2D eigenvalue weighted by molar-refractivity contribution is -0.161. The van der Waals surface area contributed by atoms with Crippen molar-refractivity contribution in [3.05, 3.63) is 11.1 Å². The number of aliphatic hydroxyl groups is 2. The van der Waals surface area contributed by atoms with Gasteiger partial charge >= 0.3 is 5.97 Å². The van der Waals surface area contributed by atoms with Gasteiger partial charge in [-0.3, -0.25) is 14.9 Å². The number of hydrogen-bond acceptors (Lipinski definition) is 10. The summed E-state index contributed by atoms with van der Waals surface area (Å²) in [6, 6.07) is 0. The molecule has 7 unspecified atom stereocenters. The zero-order chi connectivity index (χ0) is 32.0. The predicted octanol–water partition coefficient (Wildman–Crippen LogP) is 3.29. The average molecular weight is 632 g/mol. The zero-order valence-corrected chi connectivity index (χ0v) is 27.5. The molecule has 5 rings (SSSR count). The Hall–Kier alpha value is -1.69. The van der Waals surface area contributed by atoms with Crippen LogP contribution >= 0.6 is 0 Å². The molecule has 10 heteroatoms. The normalized spacial score (nSPS) is 34.8. The van der Waals surface area contributed by atoms with E-state index in [2.05, 4.69) is 16.0 Å². The largest absolute Gasteiger partial charge is 0.460 e. The van der Waals surface area contributed by atoms with Gasteiger partial charge in [-0.25, -0.2) is 4.79 Å². The lowest BCUT2D eigenvalue weighted by Gasteiger charge is -2.37. The van der Waals surface area contributed by atoms with E-state index in [0.717, 1.165) is 63.7 Å². The van der Waals surface area contributed by atoms with E-state index in [1.54, 1.807) is 0 Å². The minimum atomic E-state index is -1.98. The minimum absolute atomic E-state index is 0.0149. The number of esters is 1. The molecule has 45 heavy (non-hydrogen) atoms. The van der Waals surface area contributed by atoms with Crippen LogP contribution in [0.4, 0.5) is 0 Å². The molecule has 0 aromatic rings. The smallest absolute Gasteiger partial charge is 0.350 e. The lowest BCUT2D eigenvalue weighted by atomic mass is 9.60. The van der Waals surface area contributed by atoms with Gasteiger partial charge in [0.15, 0.2) is 17.2 Å². The summed E-state index contributed by atoms with van der Waals surface area (Å²) in [5.41, 5.74) is -1.98. The van der Waals surface area contributed by atoms with Crippen LogP contribution in [-0.4, -0.2) is 84.7 Å². The van der Waals surface area contributed by atoms with Gasteiger partial charge in [0.05, 0.1) is 18.9 Å². The first-order chi connectivity index (χ1) is 21.8. The van der Waals surface area contributed by atoms with E-state index in [1.165, 1.54) is 32.1 Å². The molecule has 3 saturated carbocycles. The van der Waals surface area contributed by atoms with Crippen molar-refractivity contribution >= 4 is 17.5 Å². The maximum atomic E-state index is 14.1. The fraction of sp³-hybridized carbons (Fsp3) is 0.857. The number of piperidine rings is 1. The Morgan fingerprint density at radius 1 is 1.02 bits per heavy atom. The predicted molar refractivity (Wildman–Crippen MR) is 170 cm³/mol. The molecule has 0 amide bonds. The molecule has 2 saturated heterocycles. The number of carbonyl (C=O) groups excluding carboxylic acids is 3. The Bertz CT molecular complexity index is 1090. The molecule has 0 spiro atoms. The second kappa shape index (κ2) is 15.5. The molecule has 5 aliphatic rings. The van der Waals surface area contributed by atoms with Gasteiger partial charge < -0.3 is 30.3 Å². The molecule has 254 valence electrons. The molecule has 0 aromatic carbocycles. The summed E-state index contributed by atoms with van der Waals surface area (Å²) in [6.45, 7) is 3.17. The number of aliphatic hydroxyl groups excluding tert-OH is 2. The van der Waals surface area contributed by atoms with E-state index in [9.17, 15) is 24.6 Å². The highest BCUT2D eigenvalue weighted by Gasteiger charge is 2.87. The maximum absolute atomic E-state index is 14.1. The van der Waals surface area contributed by atoms with Gasteiger partial charge in [-0.1, -0.05) is 50.5 Å². The van der Waals surface area contributed by atoms with Crippen molar-refractivity contribution in [3.63, 3.8) is 0 Å². The second-order valence-corrected chi connectivity index (χ2v) is 14.6. The van der Waals surface area contributed by atoms with E-state index >= 15 is 0 Å². The first-order valence-corrected chi connectivity index (χ1v) is 17.8. The summed E-state index contributed by atoms with van der Waals surface area (Å²) in [7, 11) is 1.91. The number of rotatable bonds is 15. The summed E-state index contributed by atoms with van der Waals surface area (Å²) >= 11 is 0. The van der Waals surface area contributed by atoms with Crippen molar-refractivity contribution in [2.24, 2.45) is 23.7 Å². The van der Waals surface area contributed by atoms with Gasteiger partial charge in [0.2, 0.25) is 0 Å². The molecule has 3 aliphatic carbocycles. The van der Waals surface area contributed by atoms with Crippen LogP contribution in [0.1, 0.15) is 110 Å². The third-order valence-electron chi connectivity index (χ3n) is 11.6. The SMILES string of the molecule is CNCNC1CC(CCC(C)=C(CO)CC23OC2(C(=O)OCC(O)CCC2CCCCC2)C(=O)C2CCCCC2C3=O)CCN1. The summed E-state index contributed by atoms with van der Waals surface area (Å²) < 4.78 is 11.7. The van der Waals surface area contributed by atoms with Crippen LogP contribution in [0, 0.1) is 23.7 Å². The Morgan fingerprint density at radius 2 is 1.73 bits per heavy atom. The zero-order valence-electron chi connectivity index (χ0n) is 27.5. The summed E-state index contributed by atoms with van der Waals surface area (Å²) in [6.07, 6.45) is 13.6. The van der Waals surface area contributed by atoms with Crippen molar-refractivity contribution in [3.8, 4) is 0 Å². The number of epoxide rings is 1. The fourth-order valence-electron chi connectivity index (χ4n) is 8.72. The van der Waals surface area contributed by atoms with Gasteiger partial charge in [-0.2, -0.15) is 0 Å². The number of ether oxygens (including phenoxy) is 2. The first kappa shape index (κ1) is 34.6. The molecule has 5 N–H and O–H groups in total. The van der Waals surface area contributed by atoms with Gasteiger partial charge in [0, 0.05) is 24.9 Å². The topological polar surface area (TPSA) is 150 Å². The number of ketones is 2. The molecular weight excluding hydrogens is 574 g/mol. The number of nitrogens with one attached hydrogen (secondary N) is 3. The van der Waals surface area contributed by atoms with E-state index < -0.39 is 35.1 Å². The van der Waals surface area contributed by atoms with Crippen molar-refractivity contribution < 1.29 is 34.1 Å². The highest BCUT2D eigenvalue weighted by Crippen LogP contribution is 2.62. The third-order valence-corrected chi connectivity index (χ3v) is 11.6. The lowest BCUT2D eigenvalue weighted by Crippen LogP contribution is -2.58. The molecule has 10 nitrogen and oxygen atoms in total. The van der Waals surface area contributed by atoms with Gasteiger partial charge in [0.1, 0.15) is 6.61 Å². The summed E-state index contributed by atoms with van der Waals surface area (Å²) in [5, 5.41) is 31.2. The highest BCUT2D eigenvalue weighted by molar-refractivity contribution is 6.23. The minimum Gasteiger partial charge on any atom is -0.460 e. The van der Waals surface area contributed by atoms with Crippen molar-refractivity contribution in [1.29, 1.82) is 0 Å². The van der Waals surface area contributed by atoms with Crippen LogP contribution < -0.4 is 16.0 Å². The average Bonchev–Trinajstić information content (AvgIpc) is 3.77. The van der Waals surface area contributed by atoms with Gasteiger partial charge in [-0.15, -0.1) is 0 Å². The summed E-state index contributed by atoms with van der Waals surface area (Å²) in [5.74, 6) is -1.29. The third kappa shape index (κ3) is 7.41. The number of fused-ring (bicyclic) bond motifs is 2. The fourth-order valence-corrected chi connectivity index (χ4v) is 8.72. The Balaban J connectivity index is 1.26. The van der Waals surface area contributed by atoms with Gasteiger partial charge in [-0.05, 0) is 89.3 Å². The molecule has 0 radical (unpaired) electrons. The standard InChI is InChI=1S/C35H57N3O7/c1-23(12-13-25-16-17-37-30(18-25)38-22-36-2)26(20-39)19-34-31(41)28-10-6-7-11-29(28)32(42)35(34,45-34)33(43)44-21-27(40)15-14-24-8-4-3-5-9-24/h24-25,27-30,36-40H,3-22H2,1-2H3. The van der Waals surface area contributed by atoms with E-state index in [1.807, 2.05) is 14.0 Å². The number of hydrogen-bond donors (Lipinski definition) is 5. The van der Waals surface area contributed by atoms with Crippen molar-refractivity contribution in [1.82, 2.24) is 16.0 Å².